The van der Waals surface area contributed by atoms with Crippen LogP contribution in [0.4, 0.5) is 4.39 Å². The van der Waals surface area contributed by atoms with Gasteiger partial charge in [0.05, 0.1) is 13.2 Å². The van der Waals surface area contributed by atoms with Crippen molar-refractivity contribution in [3.8, 4) is 5.75 Å². The van der Waals surface area contributed by atoms with Crippen molar-refractivity contribution in [2.45, 2.75) is 19.4 Å². The molecule has 0 heterocycles. The molecule has 20 heavy (non-hydrogen) atoms. The predicted octanol–water partition coefficient (Wildman–Crippen LogP) is 4.18. The summed E-state index contributed by atoms with van der Waals surface area (Å²) in [7, 11) is 1.43. The summed E-state index contributed by atoms with van der Waals surface area (Å²) in [5.41, 5.74) is 2.64. The number of ether oxygens (including phenoxy) is 1. The number of benzene rings is 2. The van der Waals surface area contributed by atoms with Crippen molar-refractivity contribution in [2.75, 3.05) is 7.11 Å². The van der Waals surface area contributed by atoms with Crippen molar-refractivity contribution < 1.29 is 14.2 Å². The van der Waals surface area contributed by atoms with Crippen LogP contribution in [0.15, 0.2) is 40.9 Å². The highest BCUT2D eigenvalue weighted by atomic mass is 79.9. The Kier molecular flexibility index (Phi) is 4.78. The second kappa shape index (κ2) is 6.37. The van der Waals surface area contributed by atoms with Gasteiger partial charge < -0.3 is 9.84 Å². The largest absolute Gasteiger partial charge is 0.494 e. The van der Waals surface area contributed by atoms with E-state index in [1.54, 1.807) is 12.1 Å². The molecule has 2 nitrogen and oxygen atoms in total. The highest BCUT2D eigenvalue weighted by molar-refractivity contribution is 9.10. The van der Waals surface area contributed by atoms with Crippen LogP contribution in [0.1, 0.15) is 22.8 Å². The van der Waals surface area contributed by atoms with E-state index in [4.69, 9.17) is 4.74 Å². The summed E-state index contributed by atoms with van der Waals surface area (Å²) < 4.78 is 19.4. The van der Waals surface area contributed by atoms with Gasteiger partial charge in [0.15, 0.2) is 11.6 Å². The van der Waals surface area contributed by atoms with Crippen molar-refractivity contribution >= 4 is 15.9 Å². The Morgan fingerprint density at radius 1 is 1.25 bits per heavy atom. The molecule has 0 saturated carbocycles. The van der Waals surface area contributed by atoms with Crippen LogP contribution < -0.4 is 4.74 Å². The summed E-state index contributed by atoms with van der Waals surface area (Å²) in [6.45, 7) is 1.99. The first-order valence-corrected chi connectivity index (χ1v) is 7.07. The normalized spacial score (nSPS) is 12.2. The minimum absolute atomic E-state index is 0.208. The van der Waals surface area contributed by atoms with Crippen molar-refractivity contribution in [3.05, 3.63) is 63.4 Å². The molecule has 2 aromatic carbocycles. The fourth-order valence-electron chi connectivity index (χ4n) is 2.07. The zero-order valence-electron chi connectivity index (χ0n) is 11.4. The maximum Gasteiger partial charge on any atom is 0.165 e. The van der Waals surface area contributed by atoms with E-state index in [0.29, 0.717) is 6.42 Å². The average Bonchev–Trinajstić information content (AvgIpc) is 2.38. The fraction of sp³-hybridized carbons (Fsp3) is 0.250. The van der Waals surface area contributed by atoms with E-state index in [2.05, 4.69) is 15.9 Å². The molecule has 1 atom stereocenters. The minimum atomic E-state index is -0.683. The SMILES string of the molecule is COc1ccc(CC(O)c2ccc(C)cc2Br)cc1F. The van der Waals surface area contributed by atoms with Crippen LogP contribution in [-0.4, -0.2) is 12.2 Å². The second-order valence-electron chi connectivity index (χ2n) is 4.71. The van der Waals surface area contributed by atoms with E-state index in [-0.39, 0.29) is 5.75 Å². The summed E-state index contributed by atoms with van der Waals surface area (Å²) in [6, 6.07) is 10.5. The van der Waals surface area contributed by atoms with Crippen molar-refractivity contribution in [2.24, 2.45) is 0 Å². The number of aliphatic hydroxyl groups excluding tert-OH is 1. The highest BCUT2D eigenvalue weighted by Gasteiger charge is 2.13. The molecule has 0 bridgehead atoms. The van der Waals surface area contributed by atoms with Crippen LogP contribution in [0.3, 0.4) is 0 Å². The zero-order chi connectivity index (χ0) is 14.7. The number of aliphatic hydroxyl groups is 1. The first-order valence-electron chi connectivity index (χ1n) is 6.28. The number of hydrogen-bond donors (Lipinski definition) is 1. The molecular formula is C16H16BrFO2. The molecule has 2 aromatic rings. The van der Waals surface area contributed by atoms with Gasteiger partial charge in [-0.25, -0.2) is 4.39 Å². The van der Waals surface area contributed by atoms with E-state index in [0.717, 1.165) is 21.2 Å². The molecule has 0 fully saturated rings. The van der Waals surface area contributed by atoms with Crippen molar-refractivity contribution in [1.29, 1.82) is 0 Å². The van der Waals surface area contributed by atoms with E-state index >= 15 is 0 Å². The van der Waals surface area contributed by atoms with Crippen LogP contribution in [-0.2, 0) is 6.42 Å². The van der Waals surface area contributed by atoms with Gasteiger partial charge in [-0.05, 0) is 41.8 Å². The molecular weight excluding hydrogens is 323 g/mol. The first kappa shape index (κ1) is 15.0. The van der Waals surface area contributed by atoms with Crippen LogP contribution >= 0.6 is 15.9 Å². The topological polar surface area (TPSA) is 29.5 Å². The molecule has 0 radical (unpaired) electrons. The molecule has 4 heteroatoms. The lowest BCUT2D eigenvalue weighted by Gasteiger charge is -2.14. The number of rotatable bonds is 4. The number of methoxy groups -OCH3 is 1. The van der Waals surface area contributed by atoms with Gasteiger partial charge in [-0.2, -0.15) is 0 Å². The second-order valence-corrected chi connectivity index (χ2v) is 5.57. The first-order chi connectivity index (χ1) is 9.51. The van der Waals surface area contributed by atoms with Gasteiger partial charge in [0, 0.05) is 10.9 Å². The lowest BCUT2D eigenvalue weighted by Crippen LogP contribution is -2.03. The summed E-state index contributed by atoms with van der Waals surface area (Å²) in [6.07, 6.45) is -0.333. The number of aryl methyl sites for hydroxylation is 1. The average molecular weight is 339 g/mol. The lowest BCUT2D eigenvalue weighted by molar-refractivity contribution is 0.177. The fourth-order valence-corrected chi connectivity index (χ4v) is 2.83. The molecule has 1 unspecified atom stereocenters. The van der Waals surface area contributed by atoms with E-state index in [9.17, 15) is 9.50 Å². The summed E-state index contributed by atoms with van der Waals surface area (Å²) in [5.74, 6) is -0.208. The molecule has 106 valence electrons. The quantitative estimate of drug-likeness (QED) is 0.905. The third-order valence-corrected chi connectivity index (χ3v) is 3.85. The molecule has 0 aliphatic carbocycles. The van der Waals surface area contributed by atoms with Gasteiger partial charge in [0.2, 0.25) is 0 Å². The van der Waals surface area contributed by atoms with Gasteiger partial charge in [-0.1, -0.05) is 34.1 Å². The molecule has 0 aliphatic heterocycles. The van der Waals surface area contributed by atoms with Gasteiger partial charge >= 0.3 is 0 Å². The van der Waals surface area contributed by atoms with Gasteiger partial charge in [-0.3, -0.25) is 0 Å². The molecule has 0 aromatic heterocycles. The van der Waals surface area contributed by atoms with Crippen LogP contribution in [0, 0.1) is 12.7 Å². The lowest BCUT2D eigenvalue weighted by atomic mass is 10.0. The van der Waals surface area contributed by atoms with Crippen LogP contribution in [0.5, 0.6) is 5.75 Å². The Morgan fingerprint density at radius 3 is 2.60 bits per heavy atom. The highest BCUT2D eigenvalue weighted by Crippen LogP contribution is 2.28. The minimum Gasteiger partial charge on any atom is -0.494 e. The maximum atomic E-state index is 13.6. The Morgan fingerprint density at radius 2 is 2.00 bits per heavy atom. The monoisotopic (exact) mass is 338 g/mol. The van der Waals surface area contributed by atoms with Gasteiger partial charge in [0.1, 0.15) is 0 Å². The van der Waals surface area contributed by atoms with E-state index in [1.165, 1.54) is 13.2 Å². The molecule has 0 amide bonds. The Balaban J connectivity index is 2.18. The molecule has 0 spiro atoms. The number of halogens is 2. The summed E-state index contributed by atoms with van der Waals surface area (Å²) >= 11 is 3.44. The Labute approximate surface area is 126 Å². The maximum absolute atomic E-state index is 13.6. The Bertz CT molecular complexity index is 613. The molecule has 2 rings (SSSR count). The zero-order valence-corrected chi connectivity index (χ0v) is 12.9. The van der Waals surface area contributed by atoms with Gasteiger partial charge in [-0.15, -0.1) is 0 Å². The smallest absolute Gasteiger partial charge is 0.165 e. The van der Waals surface area contributed by atoms with Gasteiger partial charge in [0.25, 0.3) is 0 Å². The van der Waals surface area contributed by atoms with Crippen LogP contribution in [0.25, 0.3) is 0 Å². The summed E-state index contributed by atoms with van der Waals surface area (Å²) in [5, 5.41) is 10.3. The third-order valence-electron chi connectivity index (χ3n) is 3.16. The standard InChI is InChI=1S/C16H16BrFO2/c1-10-3-5-12(13(17)7-10)15(19)9-11-4-6-16(20-2)14(18)8-11/h3-8,15,19H,9H2,1-2H3. The van der Waals surface area contributed by atoms with Crippen LogP contribution in [0.2, 0.25) is 0 Å². The predicted molar refractivity (Wildman–Crippen MR) is 80.5 cm³/mol. The molecule has 0 saturated heterocycles. The molecule has 1 N–H and O–H groups in total. The van der Waals surface area contributed by atoms with Crippen molar-refractivity contribution in [3.63, 3.8) is 0 Å². The van der Waals surface area contributed by atoms with E-state index < -0.39 is 11.9 Å². The number of hydrogen-bond acceptors (Lipinski definition) is 2. The Hall–Kier alpha value is -1.39. The summed E-state index contributed by atoms with van der Waals surface area (Å²) in [4.78, 5) is 0. The van der Waals surface area contributed by atoms with Crippen molar-refractivity contribution in [1.82, 2.24) is 0 Å². The third kappa shape index (κ3) is 3.38. The van der Waals surface area contributed by atoms with E-state index in [1.807, 2.05) is 25.1 Å². The molecule has 0 aliphatic rings.